The average molecular weight is 488 g/mol. The minimum atomic E-state index is -0.257. The van der Waals surface area contributed by atoms with Crippen LogP contribution in [0.2, 0.25) is 0 Å². The molecule has 0 amide bonds. The van der Waals surface area contributed by atoms with Crippen molar-refractivity contribution in [1.29, 1.82) is 0 Å². The number of benzene rings is 2. The van der Waals surface area contributed by atoms with E-state index in [0.29, 0.717) is 29.2 Å². The van der Waals surface area contributed by atoms with Crippen molar-refractivity contribution < 1.29 is 13.9 Å². The highest BCUT2D eigenvalue weighted by Crippen LogP contribution is 2.55. The van der Waals surface area contributed by atoms with Gasteiger partial charge in [-0.2, -0.15) is 0 Å². The van der Waals surface area contributed by atoms with Crippen molar-refractivity contribution >= 4 is 15.9 Å². The minimum Gasteiger partial charge on any atom is -0.490 e. The van der Waals surface area contributed by atoms with E-state index in [1.807, 2.05) is 13.0 Å². The fourth-order valence-corrected chi connectivity index (χ4v) is 7.11. The Kier molecular flexibility index (Phi) is 6.00. The van der Waals surface area contributed by atoms with Crippen LogP contribution in [0.4, 0.5) is 4.39 Å². The molecular formula is C26H31BrFNO2. The normalized spacial score (nSPS) is 28.7. The van der Waals surface area contributed by atoms with Gasteiger partial charge in [0.05, 0.1) is 11.1 Å². The molecule has 4 fully saturated rings. The maximum absolute atomic E-state index is 14.0. The van der Waals surface area contributed by atoms with E-state index >= 15 is 0 Å². The first-order valence-corrected chi connectivity index (χ1v) is 12.4. The lowest BCUT2D eigenvalue weighted by atomic mass is 9.53. The van der Waals surface area contributed by atoms with E-state index in [1.165, 1.54) is 50.2 Å². The van der Waals surface area contributed by atoms with Crippen molar-refractivity contribution in [3.8, 4) is 11.5 Å². The lowest BCUT2D eigenvalue weighted by Gasteiger charge is -2.57. The molecule has 166 valence electrons. The van der Waals surface area contributed by atoms with Gasteiger partial charge in [0.25, 0.3) is 0 Å². The maximum Gasteiger partial charge on any atom is 0.175 e. The molecule has 4 aliphatic carbocycles. The highest BCUT2D eigenvalue weighted by molar-refractivity contribution is 9.10. The highest BCUT2D eigenvalue weighted by Gasteiger charge is 2.50. The number of hydrogen-bond donors (Lipinski definition) is 1. The number of nitrogens with one attached hydrogen (secondary N) is 1. The molecule has 2 aromatic carbocycles. The van der Waals surface area contributed by atoms with Gasteiger partial charge in [0, 0.05) is 17.6 Å². The molecule has 0 spiro atoms. The van der Waals surface area contributed by atoms with Gasteiger partial charge in [-0.1, -0.05) is 18.2 Å². The first-order valence-electron chi connectivity index (χ1n) is 11.6. The SMILES string of the molecule is CCOc1cc(CNC23CC4CC(CC(C4)C2)C3)cc(Br)c1OCc1ccccc1F. The monoisotopic (exact) mass is 487 g/mol. The Morgan fingerprint density at radius 2 is 1.71 bits per heavy atom. The van der Waals surface area contributed by atoms with Gasteiger partial charge in [0.15, 0.2) is 11.5 Å². The summed E-state index contributed by atoms with van der Waals surface area (Å²) in [5.74, 6) is 3.86. The largest absolute Gasteiger partial charge is 0.490 e. The molecule has 0 radical (unpaired) electrons. The first kappa shape index (κ1) is 21.3. The van der Waals surface area contributed by atoms with Crippen LogP contribution in [0.1, 0.15) is 56.6 Å². The van der Waals surface area contributed by atoms with E-state index in [-0.39, 0.29) is 12.4 Å². The molecule has 4 aliphatic rings. The number of halogens is 2. The first-order chi connectivity index (χ1) is 15.0. The Morgan fingerprint density at radius 1 is 1.03 bits per heavy atom. The summed E-state index contributed by atoms with van der Waals surface area (Å²) in [7, 11) is 0. The summed E-state index contributed by atoms with van der Waals surface area (Å²) in [6.45, 7) is 3.51. The maximum atomic E-state index is 14.0. The predicted molar refractivity (Wildman–Crippen MR) is 124 cm³/mol. The third-order valence-electron chi connectivity index (χ3n) is 7.40. The van der Waals surface area contributed by atoms with Gasteiger partial charge < -0.3 is 14.8 Å². The van der Waals surface area contributed by atoms with Crippen LogP contribution in [0.5, 0.6) is 11.5 Å². The molecule has 0 aromatic heterocycles. The lowest BCUT2D eigenvalue weighted by molar-refractivity contribution is -0.0206. The van der Waals surface area contributed by atoms with Crippen LogP contribution in [0.15, 0.2) is 40.9 Å². The third kappa shape index (κ3) is 4.49. The zero-order chi connectivity index (χ0) is 21.4. The van der Waals surface area contributed by atoms with Crippen LogP contribution in [0, 0.1) is 23.6 Å². The van der Waals surface area contributed by atoms with E-state index in [4.69, 9.17) is 9.47 Å². The number of ether oxygens (including phenoxy) is 2. The van der Waals surface area contributed by atoms with Gasteiger partial charge in [0.2, 0.25) is 0 Å². The highest BCUT2D eigenvalue weighted by atomic mass is 79.9. The molecule has 2 aromatic rings. The molecule has 0 saturated heterocycles. The third-order valence-corrected chi connectivity index (χ3v) is 7.99. The van der Waals surface area contributed by atoms with Gasteiger partial charge >= 0.3 is 0 Å². The molecule has 5 heteroatoms. The summed E-state index contributed by atoms with van der Waals surface area (Å²) in [5.41, 5.74) is 2.04. The van der Waals surface area contributed by atoms with E-state index in [0.717, 1.165) is 28.8 Å². The van der Waals surface area contributed by atoms with Crippen LogP contribution in [-0.4, -0.2) is 12.1 Å². The Labute approximate surface area is 192 Å². The van der Waals surface area contributed by atoms with Gasteiger partial charge in [-0.15, -0.1) is 0 Å². The van der Waals surface area contributed by atoms with Crippen molar-refractivity contribution in [3.05, 3.63) is 57.8 Å². The smallest absolute Gasteiger partial charge is 0.175 e. The molecule has 31 heavy (non-hydrogen) atoms. The topological polar surface area (TPSA) is 30.5 Å². The zero-order valence-electron chi connectivity index (χ0n) is 18.1. The molecule has 3 nitrogen and oxygen atoms in total. The Bertz CT molecular complexity index is 912. The molecule has 0 heterocycles. The second-order valence-corrected chi connectivity index (χ2v) is 10.6. The zero-order valence-corrected chi connectivity index (χ0v) is 19.7. The molecule has 0 unspecified atom stereocenters. The van der Waals surface area contributed by atoms with E-state index in [2.05, 4.69) is 33.4 Å². The predicted octanol–water partition coefficient (Wildman–Crippen LogP) is 6.62. The molecule has 0 aliphatic heterocycles. The van der Waals surface area contributed by atoms with Gasteiger partial charge in [-0.3, -0.25) is 0 Å². The Balaban J connectivity index is 1.30. The fraction of sp³-hybridized carbons (Fsp3) is 0.538. The number of hydrogen-bond acceptors (Lipinski definition) is 3. The number of rotatable bonds is 8. The Morgan fingerprint density at radius 3 is 2.35 bits per heavy atom. The van der Waals surface area contributed by atoms with Gasteiger partial charge in [-0.05, 0) is 103 Å². The molecule has 1 N–H and O–H groups in total. The molecule has 6 rings (SSSR count). The van der Waals surface area contributed by atoms with Gasteiger partial charge in [-0.25, -0.2) is 4.39 Å². The summed E-state index contributed by atoms with van der Waals surface area (Å²) >= 11 is 3.67. The van der Waals surface area contributed by atoms with Gasteiger partial charge in [0.1, 0.15) is 12.4 Å². The second kappa shape index (κ2) is 8.74. The summed E-state index contributed by atoms with van der Waals surface area (Å²) in [5, 5.41) is 3.96. The van der Waals surface area contributed by atoms with Crippen molar-refractivity contribution in [3.63, 3.8) is 0 Å². The van der Waals surface area contributed by atoms with Crippen LogP contribution in [-0.2, 0) is 13.2 Å². The molecule has 4 bridgehead atoms. The summed E-state index contributed by atoms with van der Waals surface area (Å²) < 4.78 is 26.7. The lowest BCUT2D eigenvalue weighted by Crippen LogP contribution is -2.58. The van der Waals surface area contributed by atoms with E-state index < -0.39 is 0 Å². The fourth-order valence-electron chi connectivity index (χ4n) is 6.51. The van der Waals surface area contributed by atoms with Crippen LogP contribution < -0.4 is 14.8 Å². The van der Waals surface area contributed by atoms with Crippen molar-refractivity contribution in [1.82, 2.24) is 5.32 Å². The van der Waals surface area contributed by atoms with Crippen molar-refractivity contribution in [2.24, 2.45) is 17.8 Å². The molecular weight excluding hydrogens is 457 g/mol. The molecule has 0 atom stereocenters. The Hall–Kier alpha value is -1.59. The second-order valence-electron chi connectivity index (χ2n) is 9.77. The van der Waals surface area contributed by atoms with Crippen LogP contribution >= 0.6 is 15.9 Å². The molecule has 4 saturated carbocycles. The summed E-state index contributed by atoms with van der Waals surface area (Å²) in [6.07, 6.45) is 8.37. The quantitative estimate of drug-likeness (QED) is 0.453. The minimum absolute atomic E-state index is 0.163. The standard InChI is InChI=1S/C26H31BrFNO2/c1-2-30-24-11-20(10-22(27)25(24)31-16-21-5-3-4-6-23(21)28)15-29-26-12-17-7-18(13-26)9-19(8-17)14-26/h3-6,10-11,17-19,29H,2,7-9,12-16H2,1H3. The summed E-state index contributed by atoms with van der Waals surface area (Å²) in [6, 6.07) is 10.9. The van der Waals surface area contributed by atoms with Crippen LogP contribution in [0.3, 0.4) is 0 Å². The van der Waals surface area contributed by atoms with E-state index in [1.54, 1.807) is 12.1 Å². The average Bonchev–Trinajstić information content (AvgIpc) is 2.72. The summed E-state index contributed by atoms with van der Waals surface area (Å²) in [4.78, 5) is 0. The van der Waals surface area contributed by atoms with E-state index in [9.17, 15) is 4.39 Å². The van der Waals surface area contributed by atoms with Crippen molar-refractivity contribution in [2.45, 2.75) is 64.1 Å². The van der Waals surface area contributed by atoms with Crippen LogP contribution in [0.25, 0.3) is 0 Å². The van der Waals surface area contributed by atoms with Crippen molar-refractivity contribution in [2.75, 3.05) is 6.61 Å².